The van der Waals surface area contributed by atoms with Crippen molar-refractivity contribution in [2.45, 2.75) is 31.7 Å². The van der Waals surface area contributed by atoms with Gasteiger partial charge in [0.05, 0.1) is 13.7 Å². The van der Waals surface area contributed by atoms with E-state index in [9.17, 15) is 15.0 Å². The summed E-state index contributed by atoms with van der Waals surface area (Å²) < 4.78 is 9.78. The van der Waals surface area contributed by atoms with Gasteiger partial charge in [0.2, 0.25) is 0 Å². The molecule has 5 heteroatoms. The summed E-state index contributed by atoms with van der Waals surface area (Å²) in [5, 5.41) is 19.5. The van der Waals surface area contributed by atoms with Gasteiger partial charge in [0, 0.05) is 13.0 Å². The van der Waals surface area contributed by atoms with Gasteiger partial charge in [0.1, 0.15) is 5.60 Å². The maximum absolute atomic E-state index is 11.1. The fraction of sp³-hybridized carbons (Fsp3) is 0.500. The van der Waals surface area contributed by atoms with Crippen LogP contribution in [0.4, 0.5) is 0 Å². The SMILES string of the molecule is COC(=O)[C@H](O)[C@](C)(O)CCOCc1ccccc1. The van der Waals surface area contributed by atoms with E-state index in [0.29, 0.717) is 6.61 Å². The number of esters is 1. The van der Waals surface area contributed by atoms with Gasteiger partial charge in [-0.1, -0.05) is 30.3 Å². The van der Waals surface area contributed by atoms with Crippen molar-refractivity contribution in [1.29, 1.82) is 0 Å². The highest BCUT2D eigenvalue weighted by molar-refractivity contribution is 5.75. The molecule has 106 valence electrons. The molecule has 0 fully saturated rings. The Bertz CT molecular complexity index is 388. The Labute approximate surface area is 112 Å². The molecular weight excluding hydrogens is 248 g/mol. The molecule has 0 heterocycles. The third-order valence-electron chi connectivity index (χ3n) is 2.88. The van der Waals surface area contributed by atoms with E-state index in [-0.39, 0.29) is 13.0 Å². The van der Waals surface area contributed by atoms with Crippen molar-refractivity contribution >= 4 is 5.97 Å². The fourth-order valence-corrected chi connectivity index (χ4v) is 1.55. The van der Waals surface area contributed by atoms with Crippen LogP contribution in [0.15, 0.2) is 30.3 Å². The summed E-state index contributed by atoms with van der Waals surface area (Å²) in [6.45, 7) is 2.03. The van der Waals surface area contributed by atoms with Crippen LogP contribution in [0.1, 0.15) is 18.9 Å². The van der Waals surface area contributed by atoms with Crippen molar-refractivity contribution in [3.05, 3.63) is 35.9 Å². The van der Waals surface area contributed by atoms with Crippen LogP contribution in [0.5, 0.6) is 0 Å². The summed E-state index contributed by atoms with van der Waals surface area (Å²) in [5.74, 6) is -0.854. The molecule has 2 N–H and O–H groups in total. The van der Waals surface area contributed by atoms with Crippen LogP contribution in [0.25, 0.3) is 0 Å². The summed E-state index contributed by atoms with van der Waals surface area (Å²) in [6, 6.07) is 9.61. The maximum atomic E-state index is 11.1. The maximum Gasteiger partial charge on any atom is 0.337 e. The van der Waals surface area contributed by atoms with Crippen LogP contribution in [-0.2, 0) is 20.9 Å². The Morgan fingerprint density at radius 2 is 2.00 bits per heavy atom. The Hall–Kier alpha value is -1.43. The van der Waals surface area contributed by atoms with Gasteiger partial charge in [-0.3, -0.25) is 0 Å². The van der Waals surface area contributed by atoms with Crippen molar-refractivity contribution in [2.75, 3.05) is 13.7 Å². The Balaban J connectivity index is 2.33. The number of aliphatic hydroxyl groups excluding tert-OH is 1. The van der Waals surface area contributed by atoms with E-state index in [1.165, 1.54) is 6.92 Å². The number of hydrogen-bond acceptors (Lipinski definition) is 5. The number of methoxy groups -OCH3 is 1. The molecular formula is C14H20O5. The van der Waals surface area contributed by atoms with Gasteiger partial charge in [-0.15, -0.1) is 0 Å². The molecule has 0 amide bonds. The fourth-order valence-electron chi connectivity index (χ4n) is 1.55. The minimum atomic E-state index is -1.57. The third kappa shape index (κ3) is 4.98. The molecule has 0 saturated heterocycles. The highest BCUT2D eigenvalue weighted by atomic mass is 16.5. The van der Waals surface area contributed by atoms with Gasteiger partial charge in [-0.25, -0.2) is 4.79 Å². The normalized spacial score (nSPS) is 15.6. The molecule has 0 saturated carbocycles. The highest BCUT2D eigenvalue weighted by Crippen LogP contribution is 2.16. The largest absolute Gasteiger partial charge is 0.467 e. The second-order valence-corrected chi connectivity index (χ2v) is 4.57. The molecule has 0 bridgehead atoms. The van der Waals surface area contributed by atoms with Gasteiger partial charge in [0.25, 0.3) is 0 Å². The van der Waals surface area contributed by atoms with E-state index >= 15 is 0 Å². The molecule has 19 heavy (non-hydrogen) atoms. The molecule has 0 radical (unpaired) electrons. The lowest BCUT2D eigenvalue weighted by Gasteiger charge is -2.26. The van der Waals surface area contributed by atoms with Gasteiger partial charge < -0.3 is 19.7 Å². The summed E-state index contributed by atoms with van der Waals surface area (Å²) in [4.78, 5) is 11.1. The highest BCUT2D eigenvalue weighted by Gasteiger charge is 2.36. The Kier molecular flexibility index (Phi) is 5.95. The van der Waals surface area contributed by atoms with E-state index in [1.807, 2.05) is 30.3 Å². The van der Waals surface area contributed by atoms with Crippen LogP contribution < -0.4 is 0 Å². The number of ether oxygens (including phenoxy) is 2. The van der Waals surface area contributed by atoms with E-state index < -0.39 is 17.7 Å². The van der Waals surface area contributed by atoms with Gasteiger partial charge in [-0.05, 0) is 12.5 Å². The minimum Gasteiger partial charge on any atom is -0.467 e. The van der Waals surface area contributed by atoms with Crippen LogP contribution in [0.2, 0.25) is 0 Å². The molecule has 5 nitrogen and oxygen atoms in total. The average Bonchev–Trinajstić information content (AvgIpc) is 2.43. The summed E-state index contributed by atoms with van der Waals surface area (Å²) in [7, 11) is 1.16. The van der Waals surface area contributed by atoms with Crippen molar-refractivity contribution in [3.8, 4) is 0 Å². The second-order valence-electron chi connectivity index (χ2n) is 4.57. The van der Waals surface area contributed by atoms with E-state index in [0.717, 1.165) is 12.7 Å². The predicted octanol–water partition coefficient (Wildman–Crippen LogP) is 0.878. The first-order valence-electron chi connectivity index (χ1n) is 6.07. The molecule has 1 rings (SSSR count). The van der Waals surface area contributed by atoms with Crippen molar-refractivity contribution in [3.63, 3.8) is 0 Å². The third-order valence-corrected chi connectivity index (χ3v) is 2.88. The van der Waals surface area contributed by atoms with Gasteiger partial charge in [-0.2, -0.15) is 0 Å². The molecule has 2 atom stereocenters. The zero-order valence-electron chi connectivity index (χ0n) is 11.2. The smallest absolute Gasteiger partial charge is 0.337 e. The first-order chi connectivity index (χ1) is 8.97. The van der Waals surface area contributed by atoms with Crippen LogP contribution in [-0.4, -0.2) is 41.6 Å². The molecule has 1 aromatic rings. The monoisotopic (exact) mass is 268 g/mol. The van der Waals surface area contributed by atoms with Gasteiger partial charge in [0.15, 0.2) is 6.10 Å². The Morgan fingerprint density at radius 3 is 2.58 bits per heavy atom. The van der Waals surface area contributed by atoms with Crippen LogP contribution >= 0.6 is 0 Å². The van der Waals surface area contributed by atoms with Crippen LogP contribution in [0, 0.1) is 0 Å². The molecule has 0 aliphatic rings. The first-order valence-corrected chi connectivity index (χ1v) is 6.07. The number of hydrogen-bond donors (Lipinski definition) is 2. The predicted molar refractivity (Wildman–Crippen MR) is 69.4 cm³/mol. The number of carbonyl (C=O) groups excluding carboxylic acids is 1. The van der Waals surface area contributed by atoms with Gasteiger partial charge >= 0.3 is 5.97 Å². The van der Waals surface area contributed by atoms with E-state index in [4.69, 9.17) is 4.74 Å². The lowest BCUT2D eigenvalue weighted by atomic mass is 9.95. The Morgan fingerprint density at radius 1 is 1.37 bits per heavy atom. The quantitative estimate of drug-likeness (QED) is 0.567. The summed E-state index contributed by atoms with van der Waals surface area (Å²) >= 11 is 0. The number of benzene rings is 1. The summed E-state index contributed by atoms with van der Waals surface area (Å²) in [6.07, 6.45) is -1.44. The van der Waals surface area contributed by atoms with E-state index in [1.54, 1.807) is 0 Å². The van der Waals surface area contributed by atoms with Crippen molar-refractivity contribution in [1.82, 2.24) is 0 Å². The number of carbonyl (C=O) groups is 1. The average molecular weight is 268 g/mol. The summed E-state index contributed by atoms with van der Waals surface area (Å²) in [5.41, 5.74) is -0.542. The van der Waals surface area contributed by atoms with Crippen LogP contribution in [0.3, 0.4) is 0 Å². The molecule has 0 aromatic heterocycles. The van der Waals surface area contributed by atoms with Crippen molar-refractivity contribution in [2.24, 2.45) is 0 Å². The van der Waals surface area contributed by atoms with E-state index in [2.05, 4.69) is 4.74 Å². The topological polar surface area (TPSA) is 76.0 Å². The first kappa shape index (κ1) is 15.6. The number of rotatable bonds is 7. The molecule has 1 aromatic carbocycles. The standard InChI is InChI=1S/C14H20O5/c1-14(17,12(15)13(16)18-2)8-9-19-10-11-6-4-3-5-7-11/h3-7,12,15,17H,8-10H2,1-2H3/t12-,14+/m0/s1. The molecule has 0 aliphatic carbocycles. The number of aliphatic hydroxyl groups is 2. The molecule has 0 aliphatic heterocycles. The molecule has 0 unspecified atom stereocenters. The lowest BCUT2D eigenvalue weighted by Crippen LogP contribution is -2.46. The zero-order chi connectivity index (χ0) is 14.3. The lowest BCUT2D eigenvalue weighted by molar-refractivity contribution is -0.166. The minimum absolute atomic E-state index is 0.135. The second kappa shape index (κ2) is 7.23. The molecule has 0 spiro atoms. The van der Waals surface area contributed by atoms with Crippen molar-refractivity contribution < 1.29 is 24.5 Å². The zero-order valence-corrected chi connectivity index (χ0v) is 11.2.